The van der Waals surface area contributed by atoms with Crippen molar-refractivity contribution >= 4 is 23.2 Å². The number of rotatable bonds is 7. The molecule has 2 rings (SSSR count). The molecule has 0 aromatic heterocycles. The van der Waals surface area contributed by atoms with Crippen LogP contribution < -0.4 is 15.5 Å². The van der Waals surface area contributed by atoms with Gasteiger partial charge in [-0.05, 0) is 56.7 Å². The lowest BCUT2D eigenvalue weighted by atomic mass is 10.1. The first-order valence-electron chi connectivity index (χ1n) is 8.85. The standard InChI is InChI=1S/C20H22F3N3O2/c1-4-26(5-2)13-6-9-16(12(3)10-13)25-17(27)11-24-20(28)14-7-8-15(21)19(23)18(14)22/h6-10H,4-5,11H2,1-3H3,(H,24,28)(H,25,27). The van der Waals surface area contributed by atoms with E-state index in [1.807, 2.05) is 32.9 Å². The summed E-state index contributed by atoms with van der Waals surface area (Å²) < 4.78 is 39.8. The Morgan fingerprint density at radius 2 is 1.68 bits per heavy atom. The summed E-state index contributed by atoms with van der Waals surface area (Å²) in [4.78, 5) is 26.1. The number of aryl methyl sites for hydroxylation is 1. The van der Waals surface area contributed by atoms with Gasteiger partial charge in [-0.15, -0.1) is 0 Å². The topological polar surface area (TPSA) is 61.4 Å². The van der Waals surface area contributed by atoms with Gasteiger partial charge in [0.2, 0.25) is 5.91 Å². The average molecular weight is 393 g/mol. The Hall–Kier alpha value is -3.03. The maximum absolute atomic E-state index is 13.6. The second-order valence-electron chi connectivity index (χ2n) is 6.13. The van der Waals surface area contributed by atoms with E-state index in [4.69, 9.17) is 0 Å². The van der Waals surface area contributed by atoms with Crippen LogP contribution in [-0.2, 0) is 4.79 Å². The molecule has 8 heteroatoms. The largest absolute Gasteiger partial charge is 0.372 e. The summed E-state index contributed by atoms with van der Waals surface area (Å²) >= 11 is 0. The minimum atomic E-state index is -1.74. The highest BCUT2D eigenvalue weighted by atomic mass is 19.2. The van der Waals surface area contributed by atoms with Gasteiger partial charge >= 0.3 is 0 Å². The first kappa shape index (κ1) is 21.3. The molecule has 2 aromatic rings. The summed E-state index contributed by atoms with van der Waals surface area (Å²) in [6, 6.07) is 7.05. The van der Waals surface area contributed by atoms with Gasteiger partial charge in [0.25, 0.3) is 5.91 Å². The Labute approximate surface area is 161 Å². The highest BCUT2D eigenvalue weighted by Crippen LogP contribution is 2.22. The number of carbonyl (C=O) groups is 2. The molecular formula is C20H22F3N3O2. The molecule has 0 fully saturated rings. The maximum Gasteiger partial charge on any atom is 0.254 e. The van der Waals surface area contributed by atoms with Crippen molar-refractivity contribution in [3.63, 3.8) is 0 Å². The zero-order chi connectivity index (χ0) is 20.8. The summed E-state index contributed by atoms with van der Waals surface area (Å²) in [6.45, 7) is 7.20. The number of hydrogen-bond acceptors (Lipinski definition) is 3. The highest BCUT2D eigenvalue weighted by molar-refractivity contribution is 5.99. The van der Waals surface area contributed by atoms with Gasteiger partial charge in [-0.25, -0.2) is 13.2 Å². The molecule has 0 unspecified atom stereocenters. The molecule has 0 saturated carbocycles. The lowest BCUT2D eigenvalue weighted by molar-refractivity contribution is -0.115. The molecule has 2 amide bonds. The third-order valence-corrected chi connectivity index (χ3v) is 4.30. The first-order chi connectivity index (χ1) is 13.3. The minimum absolute atomic E-state index is 0.450. The number of nitrogens with one attached hydrogen (secondary N) is 2. The minimum Gasteiger partial charge on any atom is -0.372 e. The molecule has 5 nitrogen and oxygen atoms in total. The van der Waals surface area contributed by atoms with Crippen LogP contribution in [0.1, 0.15) is 29.8 Å². The van der Waals surface area contributed by atoms with Crippen molar-refractivity contribution in [2.45, 2.75) is 20.8 Å². The number of carbonyl (C=O) groups excluding carboxylic acids is 2. The molecule has 0 aliphatic rings. The van der Waals surface area contributed by atoms with E-state index in [9.17, 15) is 22.8 Å². The second-order valence-corrected chi connectivity index (χ2v) is 6.13. The molecule has 150 valence electrons. The molecule has 0 saturated heterocycles. The van der Waals surface area contributed by atoms with E-state index in [0.29, 0.717) is 11.8 Å². The highest BCUT2D eigenvalue weighted by Gasteiger charge is 2.19. The summed E-state index contributed by atoms with van der Waals surface area (Å²) in [6.07, 6.45) is 0. The van der Waals surface area contributed by atoms with Crippen molar-refractivity contribution in [1.29, 1.82) is 0 Å². The molecule has 0 aliphatic carbocycles. The Morgan fingerprint density at radius 3 is 2.29 bits per heavy atom. The Balaban J connectivity index is 1.99. The van der Waals surface area contributed by atoms with Gasteiger partial charge in [-0.2, -0.15) is 0 Å². The van der Waals surface area contributed by atoms with E-state index < -0.39 is 41.4 Å². The predicted molar refractivity (Wildman–Crippen MR) is 102 cm³/mol. The van der Waals surface area contributed by atoms with Crippen molar-refractivity contribution in [2.24, 2.45) is 0 Å². The normalized spacial score (nSPS) is 10.5. The maximum atomic E-state index is 13.6. The number of nitrogens with zero attached hydrogens (tertiary/aromatic N) is 1. The monoisotopic (exact) mass is 393 g/mol. The van der Waals surface area contributed by atoms with Gasteiger partial charge in [0.05, 0.1) is 12.1 Å². The quantitative estimate of drug-likeness (QED) is 0.707. The lowest BCUT2D eigenvalue weighted by Crippen LogP contribution is -2.33. The number of hydrogen-bond donors (Lipinski definition) is 2. The molecule has 2 aromatic carbocycles. The summed E-state index contributed by atoms with van der Waals surface area (Å²) in [5.74, 6) is -6.27. The van der Waals surface area contributed by atoms with Crippen LogP contribution >= 0.6 is 0 Å². The van der Waals surface area contributed by atoms with Crippen LogP contribution in [0.4, 0.5) is 24.5 Å². The molecule has 0 aliphatic heterocycles. The number of halogens is 3. The van der Waals surface area contributed by atoms with E-state index in [2.05, 4.69) is 15.5 Å². The molecule has 0 spiro atoms. The number of amides is 2. The Kier molecular flexibility index (Phi) is 7.03. The fourth-order valence-corrected chi connectivity index (χ4v) is 2.72. The second kappa shape index (κ2) is 9.25. The lowest BCUT2D eigenvalue weighted by Gasteiger charge is -2.22. The molecule has 2 N–H and O–H groups in total. The van der Waals surface area contributed by atoms with Gasteiger partial charge < -0.3 is 15.5 Å². The summed E-state index contributed by atoms with van der Waals surface area (Å²) in [5.41, 5.74) is 1.78. The zero-order valence-electron chi connectivity index (χ0n) is 15.9. The van der Waals surface area contributed by atoms with Crippen LogP contribution in [0.25, 0.3) is 0 Å². The van der Waals surface area contributed by atoms with Crippen LogP contribution in [0.15, 0.2) is 30.3 Å². The first-order valence-corrected chi connectivity index (χ1v) is 8.85. The number of benzene rings is 2. The molecule has 0 atom stereocenters. The molecule has 0 heterocycles. The molecule has 0 bridgehead atoms. The fourth-order valence-electron chi connectivity index (χ4n) is 2.72. The van der Waals surface area contributed by atoms with Crippen molar-refractivity contribution in [2.75, 3.05) is 29.9 Å². The van der Waals surface area contributed by atoms with Crippen molar-refractivity contribution < 1.29 is 22.8 Å². The smallest absolute Gasteiger partial charge is 0.254 e. The van der Waals surface area contributed by atoms with Crippen molar-refractivity contribution in [3.05, 3.63) is 58.9 Å². The van der Waals surface area contributed by atoms with Gasteiger partial charge in [0, 0.05) is 24.5 Å². The van der Waals surface area contributed by atoms with Gasteiger partial charge in [0.1, 0.15) is 0 Å². The van der Waals surface area contributed by atoms with Crippen LogP contribution in [0.2, 0.25) is 0 Å². The van der Waals surface area contributed by atoms with Crippen LogP contribution in [0, 0.1) is 24.4 Å². The predicted octanol–water partition coefficient (Wildman–Crippen LogP) is 3.63. The van der Waals surface area contributed by atoms with Crippen LogP contribution in [0.5, 0.6) is 0 Å². The van der Waals surface area contributed by atoms with E-state index in [1.54, 1.807) is 6.07 Å². The van der Waals surface area contributed by atoms with E-state index in [-0.39, 0.29) is 0 Å². The van der Waals surface area contributed by atoms with Gasteiger partial charge in [0.15, 0.2) is 17.5 Å². The summed E-state index contributed by atoms with van der Waals surface area (Å²) in [7, 11) is 0. The van der Waals surface area contributed by atoms with Crippen molar-refractivity contribution in [1.82, 2.24) is 5.32 Å². The molecule has 28 heavy (non-hydrogen) atoms. The third-order valence-electron chi connectivity index (χ3n) is 4.30. The molecule has 0 radical (unpaired) electrons. The fraction of sp³-hybridized carbons (Fsp3) is 0.300. The third kappa shape index (κ3) is 4.82. The number of anilines is 2. The van der Waals surface area contributed by atoms with E-state index >= 15 is 0 Å². The molecular weight excluding hydrogens is 371 g/mol. The van der Waals surface area contributed by atoms with Gasteiger partial charge in [-0.1, -0.05) is 0 Å². The van der Waals surface area contributed by atoms with Crippen molar-refractivity contribution in [3.8, 4) is 0 Å². The SMILES string of the molecule is CCN(CC)c1ccc(NC(=O)CNC(=O)c2ccc(F)c(F)c2F)c(C)c1. The van der Waals surface area contributed by atoms with E-state index in [1.165, 1.54) is 0 Å². The van der Waals surface area contributed by atoms with Crippen LogP contribution in [-0.4, -0.2) is 31.4 Å². The van der Waals surface area contributed by atoms with E-state index in [0.717, 1.165) is 30.4 Å². The summed E-state index contributed by atoms with van der Waals surface area (Å²) in [5, 5.41) is 4.84. The van der Waals surface area contributed by atoms with Crippen LogP contribution in [0.3, 0.4) is 0 Å². The zero-order valence-corrected chi connectivity index (χ0v) is 15.9. The van der Waals surface area contributed by atoms with Gasteiger partial charge in [-0.3, -0.25) is 9.59 Å². The Morgan fingerprint density at radius 1 is 1.00 bits per heavy atom. The Bertz CT molecular complexity index is 883. The average Bonchev–Trinajstić information content (AvgIpc) is 2.67.